The number of halogens is 3. The predicted octanol–water partition coefficient (Wildman–Crippen LogP) is 2.92. The van der Waals surface area contributed by atoms with Gasteiger partial charge in [0.1, 0.15) is 0 Å². The van der Waals surface area contributed by atoms with Gasteiger partial charge in [-0.1, -0.05) is 0 Å². The lowest BCUT2D eigenvalue weighted by Gasteiger charge is -2.34. The Hall–Kier alpha value is -1.28. The number of likely N-dealkylation sites (tertiary alicyclic amines) is 1. The quantitative estimate of drug-likeness (QED) is 0.809. The third kappa shape index (κ3) is 4.67. The molecule has 1 aromatic heterocycles. The number of alkyl halides is 3. The van der Waals surface area contributed by atoms with Gasteiger partial charge in [-0.3, -0.25) is 4.90 Å². The molecule has 142 valence electrons. The van der Waals surface area contributed by atoms with Crippen LogP contribution in [0.5, 0.6) is 5.88 Å². The summed E-state index contributed by atoms with van der Waals surface area (Å²) in [4.78, 5) is 2.29. The van der Waals surface area contributed by atoms with Gasteiger partial charge in [0.25, 0.3) is 0 Å². The highest BCUT2D eigenvalue weighted by Gasteiger charge is 2.32. The molecule has 2 saturated heterocycles. The Morgan fingerprint density at radius 2 is 1.92 bits per heavy atom. The predicted molar refractivity (Wildman–Crippen MR) is 86.4 cm³/mol. The molecule has 1 unspecified atom stereocenters. The molecule has 0 aromatic carbocycles. The Morgan fingerprint density at radius 3 is 2.52 bits per heavy atom. The second-order valence-corrected chi connectivity index (χ2v) is 7.13. The second kappa shape index (κ2) is 7.53. The molecule has 0 amide bonds. The summed E-state index contributed by atoms with van der Waals surface area (Å²) in [5.41, 5.74) is 1.49. The molecule has 2 fully saturated rings. The summed E-state index contributed by atoms with van der Waals surface area (Å²) in [6.45, 7) is 4.77. The summed E-state index contributed by atoms with van der Waals surface area (Å²) < 4.78 is 49.4. The molecule has 8 heteroatoms. The van der Waals surface area contributed by atoms with E-state index in [0.29, 0.717) is 18.4 Å². The Labute approximate surface area is 146 Å². The minimum Gasteiger partial charge on any atom is -0.468 e. The summed E-state index contributed by atoms with van der Waals surface area (Å²) in [7, 11) is 1.62. The van der Waals surface area contributed by atoms with Crippen LogP contribution in [-0.4, -0.2) is 53.8 Å². The molecule has 1 atom stereocenters. The summed E-state index contributed by atoms with van der Waals surface area (Å²) in [5.74, 6) is 1.60. The highest BCUT2D eigenvalue weighted by Crippen LogP contribution is 2.32. The zero-order chi connectivity index (χ0) is 18.0. The highest BCUT2D eigenvalue weighted by molar-refractivity contribution is 5.31. The van der Waals surface area contributed by atoms with Crippen molar-refractivity contribution in [3.8, 4) is 5.88 Å². The zero-order valence-electron chi connectivity index (χ0n) is 14.8. The number of hydrogen-bond acceptors (Lipinski definition) is 4. The molecule has 3 heterocycles. The van der Waals surface area contributed by atoms with Gasteiger partial charge in [0.2, 0.25) is 5.88 Å². The standard InChI is InChI=1S/C17H26F3N3O2/c1-12-15(16(22(2)21-12)25-11-17(18,19)20)9-23-6-3-13(4-7-23)14-5-8-24-10-14/h13-14H,3-11H2,1-2H3. The highest BCUT2D eigenvalue weighted by atomic mass is 19.4. The van der Waals surface area contributed by atoms with Crippen molar-refractivity contribution in [1.29, 1.82) is 0 Å². The largest absolute Gasteiger partial charge is 0.468 e. The van der Waals surface area contributed by atoms with E-state index in [0.717, 1.165) is 56.8 Å². The minimum atomic E-state index is -4.35. The van der Waals surface area contributed by atoms with Gasteiger partial charge in [-0.15, -0.1) is 0 Å². The smallest absolute Gasteiger partial charge is 0.422 e. The Morgan fingerprint density at radius 1 is 1.20 bits per heavy atom. The Bertz CT molecular complexity index is 574. The fourth-order valence-corrected chi connectivity index (χ4v) is 3.92. The van der Waals surface area contributed by atoms with Gasteiger partial charge >= 0.3 is 6.18 Å². The van der Waals surface area contributed by atoms with Crippen LogP contribution in [-0.2, 0) is 18.3 Å². The maximum atomic E-state index is 12.5. The lowest BCUT2D eigenvalue weighted by atomic mass is 9.84. The maximum Gasteiger partial charge on any atom is 0.422 e. The summed E-state index contributed by atoms with van der Waals surface area (Å²) in [6, 6.07) is 0. The van der Waals surface area contributed by atoms with E-state index in [1.165, 1.54) is 4.68 Å². The molecule has 0 spiro atoms. The van der Waals surface area contributed by atoms with E-state index in [1.54, 1.807) is 7.05 Å². The van der Waals surface area contributed by atoms with Crippen LogP contribution in [0.2, 0.25) is 0 Å². The van der Waals surface area contributed by atoms with Crippen LogP contribution >= 0.6 is 0 Å². The van der Waals surface area contributed by atoms with E-state index in [1.807, 2.05) is 6.92 Å². The summed E-state index contributed by atoms with van der Waals surface area (Å²) in [6.07, 6.45) is -0.961. The lowest BCUT2D eigenvalue weighted by molar-refractivity contribution is -0.154. The van der Waals surface area contributed by atoms with Crippen molar-refractivity contribution in [2.75, 3.05) is 32.9 Å². The molecule has 2 aliphatic rings. The number of aryl methyl sites for hydroxylation is 2. The number of nitrogens with zero attached hydrogens (tertiary/aromatic N) is 3. The lowest BCUT2D eigenvalue weighted by Crippen LogP contribution is -2.36. The monoisotopic (exact) mass is 361 g/mol. The van der Waals surface area contributed by atoms with E-state index < -0.39 is 12.8 Å². The molecule has 0 aliphatic carbocycles. The molecule has 0 radical (unpaired) electrons. The van der Waals surface area contributed by atoms with Crippen molar-refractivity contribution in [1.82, 2.24) is 14.7 Å². The van der Waals surface area contributed by atoms with Crippen LogP contribution in [0.4, 0.5) is 13.2 Å². The number of hydrogen-bond donors (Lipinski definition) is 0. The third-order valence-electron chi connectivity index (χ3n) is 5.31. The van der Waals surface area contributed by atoms with Crippen molar-refractivity contribution in [3.05, 3.63) is 11.3 Å². The van der Waals surface area contributed by atoms with Gasteiger partial charge in [-0.2, -0.15) is 18.3 Å². The molecular formula is C17H26F3N3O2. The van der Waals surface area contributed by atoms with E-state index >= 15 is 0 Å². The summed E-state index contributed by atoms with van der Waals surface area (Å²) >= 11 is 0. The normalized spacial score (nSPS) is 23.3. The first-order chi connectivity index (χ1) is 11.8. The average molecular weight is 361 g/mol. The van der Waals surface area contributed by atoms with Crippen LogP contribution in [0, 0.1) is 18.8 Å². The van der Waals surface area contributed by atoms with Gasteiger partial charge < -0.3 is 9.47 Å². The van der Waals surface area contributed by atoms with E-state index in [4.69, 9.17) is 9.47 Å². The first-order valence-corrected chi connectivity index (χ1v) is 8.85. The van der Waals surface area contributed by atoms with Gasteiger partial charge in [-0.05, 0) is 51.1 Å². The van der Waals surface area contributed by atoms with Crippen molar-refractivity contribution in [2.45, 2.75) is 38.9 Å². The number of aromatic nitrogens is 2. The van der Waals surface area contributed by atoms with Crippen LogP contribution in [0.25, 0.3) is 0 Å². The number of piperidine rings is 1. The van der Waals surface area contributed by atoms with Crippen LogP contribution in [0.15, 0.2) is 0 Å². The zero-order valence-corrected chi connectivity index (χ0v) is 14.8. The average Bonchev–Trinajstić information content (AvgIpc) is 3.15. The Balaban J connectivity index is 1.59. The number of ether oxygens (including phenoxy) is 2. The SMILES string of the molecule is Cc1nn(C)c(OCC(F)(F)F)c1CN1CCC(C2CCOC2)CC1. The fourth-order valence-electron chi connectivity index (χ4n) is 3.92. The molecule has 3 rings (SSSR count). The maximum absolute atomic E-state index is 12.5. The van der Waals surface area contributed by atoms with Gasteiger partial charge in [0.15, 0.2) is 6.61 Å². The molecule has 5 nitrogen and oxygen atoms in total. The first-order valence-electron chi connectivity index (χ1n) is 8.85. The topological polar surface area (TPSA) is 39.5 Å². The van der Waals surface area contributed by atoms with Gasteiger partial charge in [-0.25, -0.2) is 4.68 Å². The molecular weight excluding hydrogens is 335 g/mol. The van der Waals surface area contributed by atoms with E-state index in [2.05, 4.69) is 10.00 Å². The van der Waals surface area contributed by atoms with Crippen LogP contribution in [0.3, 0.4) is 0 Å². The van der Waals surface area contributed by atoms with Crippen LogP contribution < -0.4 is 4.74 Å². The minimum absolute atomic E-state index is 0.223. The van der Waals surface area contributed by atoms with Crippen LogP contribution in [0.1, 0.15) is 30.5 Å². The molecule has 0 saturated carbocycles. The molecule has 25 heavy (non-hydrogen) atoms. The fraction of sp³-hybridized carbons (Fsp3) is 0.824. The third-order valence-corrected chi connectivity index (χ3v) is 5.31. The second-order valence-electron chi connectivity index (χ2n) is 7.13. The molecule has 0 N–H and O–H groups in total. The Kier molecular flexibility index (Phi) is 5.58. The number of rotatable bonds is 5. The van der Waals surface area contributed by atoms with Crippen molar-refractivity contribution in [3.63, 3.8) is 0 Å². The molecule has 2 aliphatic heterocycles. The van der Waals surface area contributed by atoms with Gasteiger partial charge in [0.05, 0.1) is 11.3 Å². The van der Waals surface area contributed by atoms with E-state index in [9.17, 15) is 13.2 Å². The van der Waals surface area contributed by atoms with Crippen molar-refractivity contribution in [2.24, 2.45) is 18.9 Å². The molecule has 1 aromatic rings. The van der Waals surface area contributed by atoms with Crippen molar-refractivity contribution >= 4 is 0 Å². The summed E-state index contributed by atoms with van der Waals surface area (Å²) in [5, 5.41) is 4.24. The van der Waals surface area contributed by atoms with E-state index in [-0.39, 0.29) is 5.88 Å². The molecule has 0 bridgehead atoms. The van der Waals surface area contributed by atoms with Gasteiger partial charge in [0, 0.05) is 26.8 Å². The van der Waals surface area contributed by atoms with Crippen molar-refractivity contribution < 1.29 is 22.6 Å². The first kappa shape index (κ1) is 18.5.